The van der Waals surface area contributed by atoms with Crippen molar-refractivity contribution in [1.82, 2.24) is 0 Å². The average molecular weight is 308 g/mol. The van der Waals surface area contributed by atoms with Gasteiger partial charge in [0.1, 0.15) is 24.7 Å². The molecule has 2 heteroatoms. The van der Waals surface area contributed by atoms with Crippen molar-refractivity contribution in [3.05, 3.63) is 85.0 Å². The molecule has 23 heavy (non-hydrogen) atoms. The SMILES string of the molecule is C=CCOc1ccc(CCCc2ccc(OCC=C)cc2)cc1. The maximum absolute atomic E-state index is 5.49. The van der Waals surface area contributed by atoms with Gasteiger partial charge in [0.2, 0.25) is 0 Å². The van der Waals surface area contributed by atoms with Crippen LogP contribution in [0.2, 0.25) is 0 Å². The van der Waals surface area contributed by atoms with Crippen LogP contribution in [0.4, 0.5) is 0 Å². The summed E-state index contributed by atoms with van der Waals surface area (Å²) >= 11 is 0. The zero-order valence-corrected chi connectivity index (χ0v) is 13.5. The van der Waals surface area contributed by atoms with Gasteiger partial charge in [0, 0.05) is 0 Å². The van der Waals surface area contributed by atoms with Gasteiger partial charge in [-0.25, -0.2) is 0 Å². The van der Waals surface area contributed by atoms with E-state index >= 15 is 0 Å². The van der Waals surface area contributed by atoms with Crippen LogP contribution >= 0.6 is 0 Å². The zero-order valence-electron chi connectivity index (χ0n) is 13.5. The first-order valence-corrected chi connectivity index (χ1v) is 7.97. The van der Waals surface area contributed by atoms with E-state index in [1.165, 1.54) is 11.1 Å². The lowest BCUT2D eigenvalue weighted by molar-refractivity contribution is 0.363. The maximum atomic E-state index is 5.49. The third-order valence-electron chi connectivity index (χ3n) is 3.51. The molecular formula is C21H24O2. The Kier molecular flexibility index (Phi) is 6.99. The molecule has 0 saturated carbocycles. The first-order valence-electron chi connectivity index (χ1n) is 7.97. The van der Waals surface area contributed by atoms with E-state index in [9.17, 15) is 0 Å². The van der Waals surface area contributed by atoms with Gasteiger partial charge in [0.05, 0.1) is 0 Å². The average Bonchev–Trinajstić information content (AvgIpc) is 2.60. The summed E-state index contributed by atoms with van der Waals surface area (Å²) in [6, 6.07) is 16.6. The van der Waals surface area contributed by atoms with Crippen molar-refractivity contribution in [3.8, 4) is 11.5 Å². The van der Waals surface area contributed by atoms with Gasteiger partial charge < -0.3 is 9.47 Å². The summed E-state index contributed by atoms with van der Waals surface area (Å²) in [6.07, 6.45) is 6.76. The smallest absolute Gasteiger partial charge is 0.119 e. The molecule has 0 aliphatic carbocycles. The molecule has 2 nitrogen and oxygen atoms in total. The fourth-order valence-electron chi connectivity index (χ4n) is 2.31. The quantitative estimate of drug-likeness (QED) is 0.576. The van der Waals surface area contributed by atoms with Crippen molar-refractivity contribution in [2.45, 2.75) is 19.3 Å². The van der Waals surface area contributed by atoms with Crippen LogP contribution in [-0.2, 0) is 12.8 Å². The summed E-state index contributed by atoms with van der Waals surface area (Å²) in [6.45, 7) is 8.39. The number of aryl methyl sites for hydroxylation is 2. The third-order valence-corrected chi connectivity index (χ3v) is 3.51. The van der Waals surface area contributed by atoms with Gasteiger partial charge in [-0.15, -0.1) is 0 Å². The third kappa shape index (κ3) is 6.03. The Bertz CT molecular complexity index is 541. The van der Waals surface area contributed by atoms with E-state index in [-0.39, 0.29) is 0 Å². The van der Waals surface area contributed by atoms with Crippen LogP contribution in [0.3, 0.4) is 0 Å². The number of rotatable bonds is 10. The Labute approximate surface area is 139 Å². The molecule has 2 aromatic rings. The largest absolute Gasteiger partial charge is 0.490 e. The van der Waals surface area contributed by atoms with Gasteiger partial charge >= 0.3 is 0 Å². The normalized spacial score (nSPS) is 10.1. The van der Waals surface area contributed by atoms with Gasteiger partial charge in [-0.3, -0.25) is 0 Å². The minimum Gasteiger partial charge on any atom is -0.490 e. The lowest BCUT2D eigenvalue weighted by Gasteiger charge is -2.07. The number of benzene rings is 2. The van der Waals surface area contributed by atoms with Crippen LogP contribution < -0.4 is 9.47 Å². The topological polar surface area (TPSA) is 18.5 Å². The summed E-state index contributed by atoms with van der Waals surface area (Å²) in [7, 11) is 0. The molecule has 0 spiro atoms. The molecule has 0 unspecified atom stereocenters. The highest BCUT2D eigenvalue weighted by molar-refractivity contribution is 5.29. The second-order valence-corrected chi connectivity index (χ2v) is 5.34. The summed E-state index contributed by atoms with van der Waals surface area (Å²) in [5.74, 6) is 1.78. The molecule has 0 saturated heterocycles. The second kappa shape index (κ2) is 9.52. The molecule has 0 fully saturated rings. The first-order chi connectivity index (χ1) is 11.3. The standard InChI is InChI=1S/C21H24O2/c1-3-16-22-20-12-8-18(9-13-20)6-5-7-19-10-14-21(15-11-19)23-17-4-2/h3-4,8-15H,1-2,5-7,16-17H2. The van der Waals surface area contributed by atoms with Gasteiger partial charge in [-0.1, -0.05) is 49.6 Å². The lowest BCUT2D eigenvalue weighted by atomic mass is 10.0. The molecule has 0 aromatic heterocycles. The van der Waals surface area contributed by atoms with Gasteiger partial charge in [-0.2, -0.15) is 0 Å². The predicted octanol–water partition coefficient (Wildman–Crippen LogP) is 4.99. The van der Waals surface area contributed by atoms with Crippen LogP contribution in [0.1, 0.15) is 17.5 Å². The van der Waals surface area contributed by atoms with E-state index in [4.69, 9.17) is 9.47 Å². The molecule has 0 aliphatic heterocycles. The highest BCUT2D eigenvalue weighted by atomic mass is 16.5. The highest BCUT2D eigenvalue weighted by Gasteiger charge is 1.98. The number of hydrogen-bond acceptors (Lipinski definition) is 2. The van der Waals surface area contributed by atoms with Gasteiger partial charge in [0.25, 0.3) is 0 Å². The fourth-order valence-corrected chi connectivity index (χ4v) is 2.31. The molecule has 0 amide bonds. The van der Waals surface area contributed by atoms with Crippen molar-refractivity contribution in [2.75, 3.05) is 13.2 Å². The van der Waals surface area contributed by atoms with Crippen LogP contribution in [0, 0.1) is 0 Å². The second-order valence-electron chi connectivity index (χ2n) is 5.34. The van der Waals surface area contributed by atoms with E-state index in [0.717, 1.165) is 30.8 Å². The van der Waals surface area contributed by atoms with Crippen LogP contribution in [0.5, 0.6) is 11.5 Å². The van der Waals surface area contributed by atoms with Crippen molar-refractivity contribution >= 4 is 0 Å². The Morgan fingerprint density at radius 1 is 0.652 bits per heavy atom. The Morgan fingerprint density at radius 2 is 1.04 bits per heavy atom. The van der Waals surface area contributed by atoms with E-state index in [0.29, 0.717) is 13.2 Å². The molecule has 0 aliphatic rings. The van der Waals surface area contributed by atoms with E-state index < -0.39 is 0 Å². The van der Waals surface area contributed by atoms with Gasteiger partial charge in [-0.05, 0) is 54.7 Å². The summed E-state index contributed by atoms with van der Waals surface area (Å²) in [4.78, 5) is 0. The minimum absolute atomic E-state index is 0.547. The van der Waals surface area contributed by atoms with Gasteiger partial charge in [0.15, 0.2) is 0 Å². The van der Waals surface area contributed by atoms with Crippen molar-refractivity contribution in [2.24, 2.45) is 0 Å². The van der Waals surface area contributed by atoms with E-state index in [1.807, 2.05) is 24.3 Å². The molecule has 2 rings (SSSR count). The Morgan fingerprint density at radius 3 is 1.39 bits per heavy atom. The van der Waals surface area contributed by atoms with E-state index in [1.54, 1.807) is 12.2 Å². The summed E-state index contributed by atoms with van der Waals surface area (Å²) in [5, 5.41) is 0. The molecule has 0 N–H and O–H groups in total. The van der Waals surface area contributed by atoms with E-state index in [2.05, 4.69) is 37.4 Å². The van der Waals surface area contributed by atoms with Crippen molar-refractivity contribution in [1.29, 1.82) is 0 Å². The molecule has 2 aromatic carbocycles. The maximum Gasteiger partial charge on any atom is 0.119 e. The zero-order chi connectivity index (χ0) is 16.3. The summed E-state index contributed by atoms with van der Waals surface area (Å²) < 4.78 is 11.0. The minimum atomic E-state index is 0.547. The molecular weight excluding hydrogens is 284 g/mol. The molecule has 0 radical (unpaired) electrons. The molecule has 0 bridgehead atoms. The van der Waals surface area contributed by atoms with Crippen molar-refractivity contribution < 1.29 is 9.47 Å². The molecule has 0 atom stereocenters. The predicted molar refractivity (Wildman–Crippen MR) is 96.3 cm³/mol. The van der Waals surface area contributed by atoms with Crippen LogP contribution in [-0.4, -0.2) is 13.2 Å². The molecule has 0 heterocycles. The number of ether oxygens (including phenoxy) is 2. The monoisotopic (exact) mass is 308 g/mol. The first kappa shape index (κ1) is 16.9. The van der Waals surface area contributed by atoms with Crippen LogP contribution in [0.15, 0.2) is 73.8 Å². The Balaban J connectivity index is 1.75. The number of hydrogen-bond donors (Lipinski definition) is 0. The fraction of sp³-hybridized carbons (Fsp3) is 0.238. The van der Waals surface area contributed by atoms with Crippen molar-refractivity contribution in [3.63, 3.8) is 0 Å². The van der Waals surface area contributed by atoms with Crippen LogP contribution in [0.25, 0.3) is 0 Å². The Hall–Kier alpha value is -2.48. The highest BCUT2D eigenvalue weighted by Crippen LogP contribution is 2.16. The molecule has 120 valence electrons. The summed E-state index contributed by atoms with van der Waals surface area (Å²) in [5.41, 5.74) is 2.67. The lowest BCUT2D eigenvalue weighted by Crippen LogP contribution is -1.95.